The van der Waals surface area contributed by atoms with Crippen LogP contribution < -0.4 is 4.74 Å². The molecule has 2 aromatic rings. The number of carbonyl (C=O) groups excluding carboxylic acids is 1. The summed E-state index contributed by atoms with van der Waals surface area (Å²) in [6.07, 6.45) is 4.59. The number of fused-ring (bicyclic) bond motifs is 1. The number of ether oxygens (including phenoxy) is 1. The van der Waals surface area contributed by atoms with Gasteiger partial charge in [-0.2, -0.15) is 0 Å². The maximum Gasteiger partial charge on any atom is 0.273 e. The van der Waals surface area contributed by atoms with Crippen molar-refractivity contribution in [1.29, 1.82) is 0 Å². The number of thiazole rings is 1. The molecule has 0 radical (unpaired) electrons. The van der Waals surface area contributed by atoms with Gasteiger partial charge in [0.05, 0.1) is 11.7 Å². The van der Waals surface area contributed by atoms with E-state index < -0.39 is 0 Å². The summed E-state index contributed by atoms with van der Waals surface area (Å²) in [4.78, 5) is 25.0. The predicted molar refractivity (Wildman–Crippen MR) is 86.6 cm³/mol. The SMILES string of the molecule is O=C(c1cscn1)N1CCN2C[C@H](Oc3cccnc3)C[C@H]2C1. The van der Waals surface area contributed by atoms with Gasteiger partial charge in [0, 0.05) is 50.2 Å². The van der Waals surface area contributed by atoms with E-state index in [1.54, 1.807) is 17.9 Å². The van der Waals surface area contributed by atoms with E-state index in [4.69, 9.17) is 4.74 Å². The quantitative estimate of drug-likeness (QED) is 0.854. The molecule has 0 aromatic carbocycles. The van der Waals surface area contributed by atoms with Crippen molar-refractivity contribution in [2.24, 2.45) is 0 Å². The van der Waals surface area contributed by atoms with Crippen molar-refractivity contribution in [2.75, 3.05) is 26.2 Å². The molecule has 6 nitrogen and oxygen atoms in total. The molecule has 0 aliphatic carbocycles. The highest BCUT2D eigenvalue weighted by atomic mass is 32.1. The zero-order chi connectivity index (χ0) is 15.6. The highest BCUT2D eigenvalue weighted by Gasteiger charge is 2.38. The van der Waals surface area contributed by atoms with Crippen LogP contribution in [0.5, 0.6) is 5.75 Å². The summed E-state index contributed by atoms with van der Waals surface area (Å²) in [6, 6.07) is 4.18. The third-order valence-electron chi connectivity index (χ3n) is 4.45. The molecule has 4 rings (SSSR count). The fraction of sp³-hybridized carbons (Fsp3) is 0.438. The molecule has 2 saturated heterocycles. The molecule has 0 unspecified atom stereocenters. The van der Waals surface area contributed by atoms with Gasteiger partial charge in [0.2, 0.25) is 0 Å². The van der Waals surface area contributed by atoms with Gasteiger partial charge in [-0.05, 0) is 12.1 Å². The van der Waals surface area contributed by atoms with Crippen molar-refractivity contribution >= 4 is 17.2 Å². The van der Waals surface area contributed by atoms with Gasteiger partial charge in [0.25, 0.3) is 5.91 Å². The molecule has 2 atom stereocenters. The van der Waals surface area contributed by atoms with E-state index in [9.17, 15) is 4.79 Å². The van der Waals surface area contributed by atoms with Crippen LogP contribution in [0.4, 0.5) is 0 Å². The largest absolute Gasteiger partial charge is 0.487 e. The van der Waals surface area contributed by atoms with Gasteiger partial charge in [0.1, 0.15) is 17.5 Å². The summed E-state index contributed by atoms with van der Waals surface area (Å²) in [5, 5.41) is 1.82. The van der Waals surface area contributed by atoms with Crippen LogP contribution in [0, 0.1) is 0 Å². The molecule has 2 aliphatic rings. The van der Waals surface area contributed by atoms with Gasteiger partial charge in [-0.15, -0.1) is 11.3 Å². The first-order valence-electron chi connectivity index (χ1n) is 7.78. The van der Waals surface area contributed by atoms with E-state index in [1.165, 1.54) is 11.3 Å². The fourth-order valence-electron chi connectivity index (χ4n) is 3.36. The van der Waals surface area contributed by atoms with Crippen molar-refractivity contribution in [2.45, 2.75) is 18.6 Å². The first-order chi connectivity index (χ1) is 11.3. The Morgan fingerprint density at radius 3 is 3.09 bits per heavy atom. The van der Waals surface area contributed by atoms with Gasteiger partial charge in [-0.1, -0.05) is 0 Å². The smallest absolute Gasteiger partial charge is 0.273 e. The Bertz CT molecular complexity index is 664. The molecule has 0 saturated carbocycles. The summed E-state index contributed by atoms with van der Waals surface area (Å²) >= 11 is 1.46. The van der Waals surface area contributed by atoms with Crippen LogP contribution >= 0.6 is 11.3 Å². The number of piperazine rings is 1. The van der Waals surface area contributed by atoms with Gasteiger partial charge in [-0.25, -0.2) is 4.98 Å². The Morgan fingerprint density at radius 1 is 1.35 bits per heavy atom. The normalized spacial score (nSPS) is 24.4. The second kappa shape index (κ2) is 6.25. The van der Waals surface area contributed by atoms with Crippen LogP contribution in [0.1, 0.15) is 16.9 Å². The van der Waals surface area contributed by atoms with Crippen LogP contribution in [-0.4, -0.2) is 64.0 Å². The van der Waals surface area contributed by atoms with Crippen LogP contribution in [0.3, 0.4) is 0 Å². The molecular formula is C16H18N4O2S. The van der Waals surface area contributed by atoms with Crippen LogP contribution in [0.15, 0.2) is 35.4 Å². The molecule has 23 heavy (non-hydrogen) atoms. The maximum absolute atomic E-state index is 12.4. The molecule has 2 fully saturated rings. The zero-order valence-corrected chi connectivity index (χ0v) is 13.5. The zero-order valence-electron chi connectivity index (χ0n) is 12.7. The number of pyridine rings is 1. The second-order valence-electron chi connectivity index (χ2n) is 5.94. The number of amides is 1. The Balaban J connectivity index is 1.38. The molecular weight excluding hydrogens is 312 g/mol. The summed E-state index contributed by atoms with van der Waals surface area (Å²) < 4.78 is 6.02. The number of hydrogen-bond donors (Lipinski definition) is 0. The minimum Gasteiger partial charge on any atom is -0.487 e. The lowest BCUT2D eigenvalue weighted by molar-refractivity contribution is 0.0565. The van der Waals surface area contributed by atoms with E-state index in [2.05, 4.69) is 14.9 Å². The van der Waals surface area contributed by atoms with Crippen molar-refractivity contribution < 1.29 is 9.53 Å². The standard InChI is InChI=1S/C16H18N4O2S/c21-16(15-10-23-11-18-15)20-5-4-19-9-14(6-12(19)8-20)22-13-2-1-3-17-7-13/h1-3,7,10-12,14H,4-6,8-9H2/t12-,14+/m0/s1. The topological polar surface area (TPSA) is 58.6 Å². The van der Waals surface area contributed by atoms with Gasteiger partial charge in [-0.3, -0.25) is 14.7 Å². The molecule has 2 aromatic heterocycles. The molecule has 0 bridgehead atoms. The average Bonchev–Trinajstić information content (AvgIpc) is 3.23. The van der Waals surface area contributed by atoms with E-state index >= 15 is 0 Å². The van der Waals surface area contributed by atoms with E-state index in [-0.39, 0.29) is 12.0 Å². The number of rotatable bonds is 3. The predicted octanol–water partition coefficient (Wildman–Crippen LogP) is 1.52. The summed E-state index contributed by atoms with van der Waals surface area (Å²) in [6.45, 7) is 3.32. The van der Waals surface area contributed by atoms with Crippen molar-refractivity contribution in [3.05, 3.63) is 41.1 Å². The summed E-state index contributed by atoms with van der Waals surface area (Å²) in [5.74, 6) is 0.857. The van der Waals surface area contributed by atoms with E-state index in [0.717, 1.165) is 38.3 Å². The third-order valence-corrected chi connectivity index (χ3v) is 5.04. The number of hydrogen-bond acceptors (Lipinski definition) is 6. The van der Waals surface area contributed by atoms with Gasteiger partial charge in [0.15, 0.2) is 0 Å². The minimum atomic E-state index is 0.0440. The Morgan fingerprint density at radius 2 is 2.30 bits per heavy atom. The van der Waals surface area contributed by atoms with Crippen LogP contribution in [-0.2, 0) is 0 Å². The van der Waals surface area contributed by atoms with Crippen molar-refractivity contribution in [3.8, 4) is 5.75 Å². The lowest BCUT2D eigenvalue weighted by atomic mass is 10.1. The highest BCUT2D eigenvalue weighted by molar-refractivity contribution is 7.07. The molecule has 7 heteroatoms. The van der Waals surface area contributed by atoms with Crippen molar-refractivity contribution in [1.82, 2.24) is 19.8 Å². The molecule has 0 spiro atoms. The number of aromatic nitrogens is 2. The average molecular weight is 330 g/mol. The minimum absolute atomic E-state index is 0.0440. The van der Waals surface area contributed by atoms with Gasteiger partial charge >= 0.3 is 0 Å². The summed E-state index contributed by atoms with van der Waals surface area (Å²) in [7, 11) is 0. The first-order valence-corrected chi connectivity index (χ1v) is 8.72. The molecule has 4 heterocycles. The van der Waals surface area contributed by atoms with E-state index in [0.29, 0.717) is 11.7 Å². The monoisotopic (exact) mass is 330 g/mol. The maximum atomic E-state index is 12.4. The first kappa shape index (κ1) is 14.6. The number of nitrogens with zero attached hydrogens (tertiary/aromatic N) is 4. The Hall–Kier alpha value is -1.99. The Labute approximate surface area is 138 Å². The fourth-order valence-corrected chi connectivity index (χ4v) is 3.88. The lowest BCUT2D eigenvalue weighted by Gasteiger charge is -2.36. The van der Waals surface area contributed by atoms with E-state index in [1.807, 2.05) is 22.4 Å². The lowest BCUT2D eigenvalue weighted by Crippen LogP contribution is -2.52. The number of carbonyl (C=O) groups is 1. The highest BCUT2D eigenvalue weighted by Crippen LogP contribution is 2.26. The Kier molecular flexibility index (Phi) is 3.97. The molecule has 0 N–H and O–H groups in total. The third kappa shape index (κ3) is 3.07. The second-order valence-corrected chi connectivity index (χ2v) is 6.66. The summed E-state index contributed by atoms with van der Waals surface area (Å²) in [5.41, 5.74) is 2.26. The molecule has 2 aliphatic heterocycles. The molecule has 1 amide bonds. The van der Waals surface area contributed by atoms with Crippen LogP contribution in [0.2, 0.25) is 0 Å². The van der Waals surface area contributed by atoms with Crippen molar-refractivity contribution in [3.63, 3.8) is 0 Å². The van der Waals surface area contributed by atoms with Crippen LogP contribution in [0.25, 0.3) is 0 Å². The molecule has 120 valence electrons. The van der Waals surface area contributed by atoms with Gasteiger partial charge < -0.3 is 9.64 Å².